The Kier molecular flexibility index (Phi) is 6.04. The molecule has 1 unspecified atom stereocenters. The van der Waals surface area contributed by atoms with Gasteiger partial charge in [0.05, 0.1) is 18.7 Å². The van der Waals surface area contributed by atoms with E-state index in [0.717, 1.165) is 24.2 Å². The van der Waals surface area contributed by atoms with Crippen LogP contribution in [0, 0.1) is 13.8 Å². The van der Waals surface area contributed by atoms with Crippen molar-refractivity contribution >= 4 is 5.91 Å². The van der Waals surface area contributed by atoms with Crippen molar-refractivity contribution in [3.63, 3.8) is 0 Å². The van der Waals surface area contributed by atoms with Crippen molar-refractivity contribution in [2.75, 3.05) is 33.3 Å². The molecule has 0 bridgehead atoms. The minimum atomic E-state index is -0.0162. The average Bonchev–Trinajstić information content (AvgIpc) is 3.29. The quantitative estimate of drug-likeness (QED) is 0.624. The second-order valence-electron chi connectivity index (χ2n) is 8.03. The highest BCUT2D eigenvalue weighted by Gasteiger charge is 2.29. The highest BCUT2D eigenvalue weighted by Crippen LogP contribution is 2.26. The highest BCUT2D eigenvalue weighted by molar-refractivity contribution is 5.97. The number of benzene rings is 2. The molecule has 0 radical (unpaired) electrons. The number of aryl methyl sites for hydroxylation is 2. The van der Waals surface area contributed by atoms with E-state index in [1.807, 2.05) is 61.2 Å². The molecular weight excluding hydrogens is 392 g/mol. The molecule has 0 spiro atoms. The molecule has 1 fully saturated rings. The minimum absolute atomic E-state index is 0.00676. The van der Waals surface area contributed by atoms with E-state index in [-0.39, 0.29) is 11.9 Å². The zero-order valence-electron chi connectivity index (χ0n) is 18.5. The van der Waals surface area contributed by atoms with Crippen molar-refractivity contribution in [1.82, 2.24) is 19.9 Å². The SMILES string of the molecule is COc1ccc(C)cc1C(=O)N1CCN(C(C)c2nc(-c3ccc(C)cc3)no2)CC1. The predicted molar refractivity (Wildman–Crippen MR) is 118 cm³/mol. The summed E-state index contributed by atoms with van der Waals surface area (Å²) in [5, 5.41) is 4.15. The van der Waals surface area contributed by atoms with Gasteiger partial charge in [0, 0.05) is 31.7 Å². The second-order valence-corrected chi connectivity index (χ2v) is 8.03. The van der Waals surface area contributed by atoms with Crippen molar-refractivity contribution in [3.8, 4) is 17.1 Å². The average molecular weight is 421 g/mol. The monoisotopic (exact) mass is 420 g/mol. The maximum absolute atomic E-state index is 13.0. The zero-order valence-corrected chi connectivity index (χ0v) is 18.5. The number of hydrogen-bond acceptors (Lipinski definition) is 6. The summed E-state index contributed by atoms with van der Waals surface area (Å²) in [6.07, 6.45) is 0. The lowest BCUT2D eigenvalue weighted by Crippen LogP contribution is -2.49. The van der Waals surface area contributed by atoms with E-state index in [0.29, 0.717) is 36.1 Å². The van der Waals surface area contributed by atoms with Crippen LogP contribution in [0.3, 0.4) is 0 Å². The minimum Gasteiger partial charge on any atom is -0.496 e. The van der Waals surface area contributed by atoms with Gasteiger partial charge in [0.15, 0.2) is 0 Å². The van der Waals surface area contributed by atoms with Gasteiger partial charge in [-0.15, -0.1) is 0 Å². The number of hydrogen-bond donors (Lipinski definition) is 0. The summed E-state index contributed by atoms with van der Waals surface area (Å²) >= 11 is 0. The first-order valence-corrected chi connectivity index (χ1v) is 10.5. The molecule has 4 rings (SSSR count). The lowest BCUT2D eigenvalue weighted by molar-refractivity contribution is 0.0549. The van der Waals surface area contributed by atoms with E-state index >= 15 is 0 Å². The largest absolute Gasteiger partial charge is 0.496 e. The van der Waals surface area contributed by atoms with E-state index in [2.05, 4.69) is 22.0 Å². The molecule has 1 saturated heterocycles. The molecule has 0 aliphatic carbocycles. The van der Waals surface area contributed by atoms with Gasteiger partial charge < -0.3 is 14.2 Å². The molecule has 31 heavy (non-hydrogen) atoms. The zero-order chi connectivity index (χ0) is 22.0. The summed E-state index contributed by atoms with van der Waals surface area (Å²) in [6.45, 7) is 8.84. The number of amides is 1. The highest BCUT2D eigenvalue weighted by atomic mass is 16.5. The molecule has 1 aromatic heterocycles. The topological polar surface area (TPSA) is 71.7 Å². The molecule has 1 aliphatic heterocycles. The number of carbonyl (C=O) groups excluding carboxylic acids is 1. The van der Waals surface area contributed by atoms with Gasteiger partial charge in [-0.25, -0.2) is 0 Å². The van der Waals surface area contributed by atoms with Crippen molar-refractivity contribution < 1.29 is 14.1 Å². The Morgan fingerprint density at radius 2 is 1.71 bits per heavy atom. The maximum atomic E-state index is 13.0. The van der Waals surface area contributed by atoms with Crippen LogP contribution in [0.2, 0.25) is 0 Å². The van der Waals surface area contributed by atoms with E-state index in [4.69, 9.17) is 9.26 Å². The number of ether oxygens (including phenoxy) is 1. The third-order valence-corrected chi connectivity index (χ3v) is 5.84. The molecule has 0 N–H and O–H groups in total. The summed E-state index contributed by atoms with van der Waals surface area (Å²) in [4.78, 5) is 21.8. The smallest absolute Gasteiger partial charge is 0.257 e. The van der Waals surface area contributed by atoms with Crippen LogP contribution in [0.15, 0.2) is 47.0 Å². The van der Waals surface area contributed by atoms with E-state index in [1.54, 1.807) is 7.11 Å². The molecule has 7 heteroatoms. The first-order chi connectivity index (χ1) is 15.0. The lowest BCUT2D eigenvalue weighted by atomic mass is 10.1. The first kappa shape index (κ1) is 21.1. The Morgan fingerprint density at radius 3 is 2.39 bits per heavy atom. The third-order valence-electron chi connectivity index (χ3n) is 5.84. The van der Waals surface area contributed by atoms with Crippen LogP contribution in [0.4, 0.5) is 0 Å². The maximum Gasteiger partial charge on any atom is 0.257 e. The molecule has 1 atom stereocenters. The van der Waals surface area contributed by atoms with Crippen LogP contribution in [-0.2, 0) is 0 Å². The predicted octanol–water partition coefficient (Wildman–Crippen LogP) is 3.88. The fourth-order valence-corrected chi connectivity index (χ4v) is 3.85. The molecule has 2 aromatic carbocycles. The van der Waals surface area contributed by atoms with Crippen LogP contribution in [0.5, 0.6) is 5.75 Å². The third kappa shape index (κ3) is 4.46. The number of nitrogens with zero attached hydrogens (tertiary/aromatic N) is 4. The Morgan fingerprint density at radius 1 is 1.03 bits per heavy atom. The molecule has 7 nitrogen and oxygen atoms in total. The molecule has 1 aliphatic rings. The standard InChI is InChI=1S/C24H28N4O3/c1-16-5-8-19(9-6-16)22-25-23(31-26-22)18(3)27-11-13-28(14-12-27)24(29)20-15-17(2)7-10-21(20)30-4/h5-10,15,18H,11-14H2,1-4H3. The Bertz CT molecular complexity index is 1050. The normalized spacial score (nSPS) is 15.7. The van der Waals surface area contributed by atoms with Crippen molar-refractivity contribution in [2.24, 2.45) is 0 Å². The summed E-state index contributed by atoms with van der Waals surface area (Å²) in [7, 11) is 1.59. The molecule has 1 amide bonds. The van der Waals surface area contributed by atoms with E-state index in [9.17, 15) is 4.79 Å². The van der Waals surface area contributed by atoms with Crippen LogP contribution in [-0.4, -0.2) is 59.1 Å². The van der Waals surface area contributed by atoms with Gasteiger partial charge >= 0.3 is 0 Å². The van der Waals surface area contributed by atoms with Gasteiger partial charge in [-0.3, -0.25) is 9.69 Å². The van der Waals surface area contributed by atoms with Gasteiger partial charge in [-0.2, -0.15) is 4.98 Å². The van der Waals surface area contributed by atoms with Crippen molar-refractivity contribution in [3.05, 3.63) is 65.0 Å². The molecular formula is C24H28N4O3. The Hall–Kier alpha value is -3.19. The van der Waals surface area contributed by atoms with Crippen LogP contribution >= 0.6 is 0 Å². The summed E-state index contributed by atoms with van der Waals surface area (Å²) < 4.78 is 10.9. The van der Waals surface area contributed by atoms with Crippen LogP contribution < -0.4 is 4.74 Å². The first-order valence-electron chi connectivity index (χ1n) is 10.5. The lowest BCUT2D eigenvalue weighted by Gasteiger charge is -2.37. The Balaban J connectivity index is 1.40. The number of rotatable bonds is 5. The number of piperazine rings is 1. The van der Waals surface area contributed by atoms with Gasteiger partial charge in [0.1, 0.15) is 5.75 Å². The van der Waals surface area contributed by atoms with Gasteiger partial charge in [-0.05, 0) is 32.9 Å². The second kappa shape index (κ2) is 8.89. The van der Waals surface area contributed by atoms with Gasteiger partial charge in [0.25, 0.3) is 5.91 Å². The molecule has 0 saturated carbocycles. The summed E-state index contributed by atoms with van der Waals surface area (Å²) in [5.41, 5.74) is 3.78. The molecule has 3 aromatic rings. The molecule has 2 heterocycles. The van der Waals surface area contributed by atoms with E-state index in [1.165, 1.54) is 5.56 Å². The van der Waals surface area contributed by atoms with Crippen molar-refractivity contribution in [1.29, 1.82) is 0 Å². The number of methoxy groups -OCH3 is 1. The summed E-state index contributed by atoms with van der Waals surface area (Å²) in [6, 6.07) is 13.7. The van der Waals surface area contributed by atoms with Gasteiger partial charge in [0.2, 0.25) is 11.7 Å². The van der Waals surface area contributed by atoms with Crippen LogP contribution in [0.1, 0.15) is 40.3 Å². The fraction of sp³-hybridized carbons (Fsp3) is 0.375. The van der Waals surface area contributed by atoms with E-state index < -0.39 is 0 Å². The Labute approximate surface area is 182 Å². The fourth-order valence-electron chi connectivity index (χ4n) is 3.85. The van der Waals surface area contributed by atoms with Crippen molar-refractivity contribution in [2.45, 2.75) is 26.8 Å². The number of carbonyl (C=O) groups is 1. The summed E-state index contributed by atoms with van der Waals surface area (Å²) in [5.74, 6) is 1.81. The van der Waals surface area contributed by atoms with Gasteiger partial charge in [-0.1, -0.05) is 46.6 Å². The number of aromatic nitrogens is 2. The van der Waals surface area contributed by atoms with Crippen LogP contribution in [0.25, 0.3) is 11.4 Å². The molecule has 162 valence electrons.